The summed E-state index contributed by atoms with van der Waals surface area (Å²) in [5.41, 5.74) is 6.54. The van der Waals surface area contributed by atoms with Gasteiger partial charge in [-0.2, -0.15) is 13.9 Å². The summed E-state index contributed by atoms with van der Waals surface area (Å²) in [6.45, 7) is 0.986. The Balaban J connectivity index is 1.51. The van der Waals surface area contributed by atoms with Gasteiger partial charge in [-0.15, -0.1) is 11.6 Å². The molecule has 39 heavy (non-hydrogen) atoms. The summed E-state index contributed by atoms with van der Waals surface area (Å²) < 4.78 is 77.0. The second-order valence-corrected chi connectivity index (χ2v) is 9.16. The van der Waals surface area contributed by atoms with Gasteiger partial charge in [0.15, 0.2) is 17.3 Å². The molecule has 5 rings (SSSR count). The molecule has 204 valence electrons. The number of nitrogens with two attached hydrogens (primary N) is 1. The van der Waals surface area contributed by atoms with E-state index in [1.165, 1.54) is 12.4 Å². The monoisotopic (exact) mass is 566 g/mol. The molecule has 1 unspecified atom stereocenters. The zero-order chi connectivity index (χ0) is 27.8. The van der Waals surface area contributed by atoms with Crippen LogP contribution in [0.2, 0.25) is 0 Å². The summed E-state index contributed by atoms with van der Waals surface area (Å²) in [5.74, 6) is -9.76. The number of carbonyl (C=O) groups excluding carboxylic acids is 1. The summed E-state index contributed by atoms with van der Waals surface area (Å²) >= 11 is 5.70. The lowest BCUT2D eigenvalue weighted by Crippen LogP contribution is -2.32. The second kappa shape index (κ2) is 10.6. The Hall–Kier alpha value is -4.00. The number of ether oxygens (including phenoxy) is 1. The zero-order valence-electron chi connectivity index (χ0n) is 20.1. The Morgan fingerprint density at radius 2 is 1.77 bits per heavy atom. The lowest BCUT2D eigenvalue weighted by Gasteiger charge is -2.19. The summed E-state index contributed by atoms with van der Waals surface area (Å²) in [6.07, 6.45) is 3.13. The van der Waals surface area contributed by atoms with Crippen LogP contribution in [0, 0.1) is 29.1 Å². The van der Waals surface area contributed by atoms with Crippen molar-refractivity contribution in [2.75, 3.05) is 24.7 Å². The molecule has 0 radical (unpaired) electrons. The minimum Gasteiger partial charge on any atom is -0.451 e. The molecule has 1 atom stereocenters. The second-order valence-electron chi connectivity index (χ2n) is 8.89. The standard InChI is InChI=1S/C25H20ClF5N6O2/c26-10-18(38)36-6-1-2-12(5-7-36)37-25-19(24(32)33-11-34-25)22(35-37)14-4-3-13(8-15(14)27)39-23-20(30)16(28)9-17(29)21(23)31/h3-4,8-9,11-12H,1-2,5-7,10H2,(H2,32,33,34). The number of hydrogen-bond acceptors (Lipinski definition) is 6. The lowest BCUT2D eigenvalue weighted by molar-refractivity contribution is -0.128. The van der Waals surface area contributed by atoms with Crippen molar-refractivity contribution in [2.24, 2.45) is 0 Å². The molecule has 0 aliphatic carbocycles. The summed E-state index contributed by atoms with van der Waals surface area (Å²) in [4.78, 5) is 22.1. The van der Waals surface area contributed by atoms with Gasteiger partial charge >= 0.3 is 0 Å². The van der Waals surface area contributed by atoms with E-state index >= 15 is 4.39 Å². The topological polar surface area (TPSA) is 99.2 Å². The average molecular weight is 567 g/mol. The van der Waals surface area contributed by atoms with Crippen LogP contribution in [0.15, 0.2) is 30.6 Å². The minimum atomic E-state index is -1.76. The van der Waals surface area contributed by atoms with Crippen LogP contribution < -0.4 is 10.5 Å². The number of halogens is 6. The number of carbonyl (C=O) groups is 1. The number of aromatic nitrogens is 4. The fraction of sp³-hybridized carbons (Fsp3) is 0.280. The third-order valence-electron chi connectivity index (χ3n) is 6.52. The molecular weight excluding hydrogens is 547 g/mol. The highest BCUT2D eigenvalue weighted by Gasteiger charge is 2.27. The molecule has 1 fully saturated rings. The van der Waals surface area contributed by atoms with Crippen LogP contribution in [-0.2, 0) is 4.79 Å². The van der Waals surface area contributed by atoms with Crippen LogP contribution in [0.25, 0.3) is 22.3 Å². The Bertz CT molecular complexity index is 1560. The van der Waals surface area contributed by atoms with Crippen LogP contribution in [0.5, 0.6) is 11.5 Å². The predicted molar refractivity (Wildman–Crippen MR) is 132 cm³/mol. The molecule has 0 spiro atoms. The van der Waals surface area contributed by atoms with E-state index in [4.69, 9.17) is 22.1 Å². The maximum atomic E-state index is 15.4. The van der Waals surface area contributed by atoms with Gasteiger partial charge in [0.05, 0.1) is 11.4 Å². The summed E-state index contributed by atoms with van der Waals surface area (Å²) in [6, 6.07) is 3.03. The van der Waals surface area contributed by atoms with Gasteiger partial charge in [0, 0.05) is 30.8 Å². The number of likely N-dealkylation sites (tertiary alicyclic amines) is 1. The van der Waals surface area contributed by atoms with Gasteiger partial charge in [-0.3, -0.25) is 4.79 Å². The van der Waals surface area contributed by atoms with Crippen molar-refractivity contribution < 1.29 is 31.5 Å². The van der Waals surface area contributed by atoms with Crippen molar-refractivity contribution in [3.63, 3.8) is 0 Å². The lowest BCUT2D eigenvalue weighted by atomic mass is 10.1. The van der Waals surface area contributed by atoms with Gasteiger partial charge < -0.3 is 15.4 Å². The highest BCUT2D eigenvalue weighted by molar-refractivity contribution is 6.27. The molecule has 0 bridgehead atoms. The van der Waals surface area contributed by atoms with Crippen molar-refractivity contribution in [1.29, 1.82) is 0 Å². The highest BCUT2D eigenvalue weighted by Crippen LogP contribution is 2.37. The normalized spacial score (nSPS) is 15.9. The average Bonchev–Trinajstić information content (AvgIpc) is 3.13. The number of anilines is 1. The molecular formula is C25H20ClF5N6O2. The molecule has 8 nitrogen and oxygen atoms in total. The first-order valence-electron chi connectivity index (χ1n) is 11.8. The minimum absolute atomic E-state index is 0.0384. The largest absolute Gasteiger partial charge is 0.451 e. The molecule has 0 saturated carbocycles. The van der Waals surface area contributed by atoms with E-state index in [0.29, 0.717) is 38.0 Å². The fourth-order valence-corrected chi connectivity index (χ4v) is 4.77. The molecule has 2 N–H and O–H groups in total. The van der Waals surface area contributed by atoms with Crippen molar-refractivity contribution in [3.8, 4) is 22.8 Å². The van der Waals surface area contributed by atoms with Crippen LogP contribution in [0.3, 0.4) is 0 Å². The van der Waals surface area contributed by atoms with Gasteiger partial charge in [0.2, 0.25) is 23.3 Å². The smallest absolute Gasteiger partial charge is 0.237 e. The SMILES string of the molecule is Nc1ncnc2c1c(-c1ccc(Oc3c(F)c(F)cc(F)c3F)cc1F)nn2C1CCCN(C(=O)CCl)CC1. The number of amides is 1. The molecule has 3 heterocycles. The van der Waals surface area contributed by atoms with Gasteiger partial charge in [0.25, 0.3) is 0 Å². The third-order valence-corrected chi connectivity index (χ3v) is 6.74. The molecule has 1 aliphatic heterocycles. The molecule has 4 aromatic rings. The van der Waals surface area contributed by atoms with Crippen molar-refractivity contribution >= 4 is 34.4 Å². The Labute approximate surface area is 223 Å². The van der Waals surface area contributed by atoms with E-state index in [1.54, 1.807) is 9.58 Å². The van der Waals surface area contributed by atoms with Crippen molar-refractivity contribution in [1.82, 2.24) is 24.6 Å². The Morgan fingerprint density at radius 1 is 1.03 bits per heavy atom. The molecule has 2 aromatic carbocycles. The number of rotatable bonds is 5. The van der Waals surface area contributed by atoms with Crippen LogP contribution >= 0.6 is 11.6 Å². The molecule has 1 amide bonds. The predicted octanol–water partition coefficient (Wildman–Crippen LogP) is 5.36. The summed E-state index contributed by atoms with van der Waals surface area (Å²) in [7, 11) is 0. The van der Waals surface area contributed by atoms with E-state index < -0.39 is 40.6 Å². The number of alkyl halides is 1. The number of hydrogen-bond donors (Lipinski definition) is 1. The Kier molecular flexibility index (Phi) is 7.25. The number of fused-ring (bicyclic) bond motifs is 1. The first-order chi connectivity index (χ1) is 18.7. The fourth-order valence-electron chi connectivity index (χ4n) is 4.61. The Morgan fingerprint density at radius 3 is 2.46 bits per heavy atom. The van der Waals surface area contributed by atoms with Gasteiger partial charge in [0.1, 0.15) is 35.3 Å². The van der Waals surface area contributed by atoms with E-state index in [2.05, 4.69) is 15.1 Å². The van der Waals surface area contributed by atoms with Gasteiger partial charge in [-0.1, -0.05) is 0 Å². The number of benzene rings is 2. The zero-order valence-corrected chi connectivity index (χ0v) is 20.9. The van der Waals surface area contributed by atoms with Gasteiger partial charge in [-0.05, 0) is 31.4 Å². The van der Waals surface area contributed by atoms with E-state index in [1.807, 2.05) is 0 Å². The summed E-state index contributed by atoms with van der Waals surface area (Å²) in [5, 5.41) is 4.89. The van der Waals surface area contributed by atoms with E-state index in [-0.39, 0.29) is 46.4 Å². The first kappa shape index (κ1) is 26.6. The maximum absolute atomic E-state index is 15.4. The quantitative estimate of drug-likeness (QED) is 0.198. The van der Waals surface area contributed by atoms with Crippen LogP contribution in [-0.4, -0.2) is 49.5 Å². The van der Waals surface area contributed by atoms with E-state index in [9.17, 15) is 22.4 Å². The maximum Gasteiger partial charge on any atom is 0.237 e. The first-order valence-corrected chi connectivity index (χ1v) is 12.4. The third kappa shape index (κ3) is 4.93. The van der Waals surface area contributed by atoms with E-state index in [0.717, 1.165) is 12.1 Å². The molecule has 1 saturated heterocycles. The van der Waals surface area contributed by atoms with Crippen molar-refractivity contribution in [2.45, 2.75) is 25.3 Å². The van der Waals surface area contributed by atoms with Crippen molar-refractivity contribution in [3.05, 3.63) is 59.7 Å². The molecule has 2 aromatic heterocycles. The van der Waals surface area contributed by atoms with Gasteiger partial charge in [-0.25, -0.2) is 27.8 Å². The number of nitrogen functional groups attached to an aromatic ring is 1. The van der Waals surface area contributed by atoms with Crippen LogP contribution in [0.1, 0.15) is 25.3 Å². The molecule has 14 heteroatoms. The number of nitrogens with zero attached hydrogens (tertiary/aromatic N) is 5. The van der Waals surface area contributed by atoms with Crippen LogP contribution in [0.4, 0.5) is 27.8 Å². The molecule has 1 aliphatic rings. The highest BCUT2D eigenvalue weighted by atomic mass is 35.5.